The first-order valence-electron chi connectivity index (χ1n) is 9.10. The van der Waals surface area contributed by atoms with Gasteiger partial charge in [-0.2, -0.15) is 5.10 Å². The summed E-state index contributed by atoms with van der Waals surface area (Å²) in [5.41, 5.74) is 2.35. The number of anilines is 1. The molecule has 1 aromatic heterocycles. The standard InChI is InChI=1S/C19H28N6O.HI/c1-4-20-19(21-15-17-9-10-22-23(17)2)25-13-11-24(12-14-25)16-5-7-18(26-3)8-6-16;/h5-10H,4,11-15H2,1-3H3,(H,20,21);1H. The van der Waals surface area contributed by atoms with Gasteiger partial charge >= 0.3 is 0 Å². The van der Waals surface area contributed by atoms with Gasteiger partial charge in [-0.25, -0.2) is 4.99 Å². The predicted octanol–water partition coefficient (Wildman–Crippen LogP) is 2.33. The Hall–Kier alpha value is -1.97. The largest absolute Gasteiger partial charge is 0.497 e. The van der Waals surface area contributed by atoms with Crippen LogP contribution in [0.25, 0.3) is 0 Å². The van der Waals surface area contributed by atoms with E-state index in [0.717, 1.165) is 50.1 Å². The first-order chi connectivity index (χ1) is 12.7. The van der Waals surface area contributed by atoms with E-state index < -0.39 is 0 Å². The van der Waals surface area contributed by atoms with Gasteiger partial charge < -0.3 is 19.9 Å². The van der Waals surface area contributed by atoms with Gasteiger partial charge in [0.05, 0.1) is 19.3 Å². The quantitative estimate of drug-likeness (QED) is 0.401. The summed E-state index contributed by atoms with van der Waals surface area (Å²) in [6.45, 7) is 7.45. The van der Waals surface area contributed by atoms with Crippen molar-refractivity contribution in [2.45, 2.75) is 13.5 Å². The molecule has 148 valence electrons. The second-order valence-corrected chi connectivity index (χ2v) is 6.29. The molecule has 1 fully saturated rings. The third-order valence-corrected chi connectivity index (χ3v) is 4.66. The van der Waals surface area contributed by atoms with Crippen LogP contribution in [0.4, 0.5) is 5.69 Å². The molecule has 0 atom stereocenters. The zero-order valence-corrected chi connectivity index (χ0v) is 18.6. The number of hydrogen-bond acceptors (Lipinski definition) is 4. The van der Waals surface area contributed by atoms with E-state index in [-0.39, 0.29) is 24.0 Å². The third-order valence-electron chi connectivity index (χ3n) is 4.66. The van der Waals surface area contributed by atoms with E-state index in [4.69, 9.17) is 9.73 Å². The van der Waals surface area contributed by atoms with Gasteiger partial charge in [-0.3, -0.25) is 4.68 Å². The normalized spacial score (nSPS) is 14.7. The minimum atomic E-state index is 0. The summed E-state index contributed by atoms with van der Waals surface area (Å²) in [7, 11) is 3.65. The average Bonchev–Trinajstić information content (AvgIpc) is 3.10. The number of benzene rings is 1. The first kappa shape index (κ1) is 21.3. The lowest BCUT2D eigenvalue weighted by Crippen LogP contribution is -2.52. The molecule has 8 heteroatoms. The lowest BCUT2D eigenvalue weighted by atomic mass is 10.2. The summed E-state index contributed by atoms with van der Waals surface area (Å²) in [5.74, 6) is 1.87. The van der Waals surface area contributed by atoms with E-state index in [9.17, 15) is 0 Å². The Bertz CT molecular complexity index is 722. The fraction of sp³-hybridized carbons (Fsp3) is 0.474. The third kappa shape index (κ3) is 5.50. The first-order valence-corrected chi connectivity index (χ1v) is 9.10. The van der Waals surface area contributed by atoms with Gasteiger partial charge in [0.15, 0.2) is 5.96 Å². The molecule has 0 saturated carbocycles. The van der Waals surface area contributed by atoms with Crippen LogP contribution in [-0.4, -0.2) is 60.5 Å². The fourth-order valence-corrected chi connectivity index (χ4v) is 3.11. The zero-order valence-electron chi connectivity index (χ0n) is 16.3. The van der Waals surface area contributed by atoms with Crippen LogP contribution in [0.5, 0.6) is 5.75 Å². The van der Waals surface area contributed by atoms with Crippen molar-refractivity contribution in [2.75, 3.05) is 44.7 Å². The Morgan fingerprint density at radius 2 is 1.85 bits per heavy atom. The van der Waals surface area contributed by atoms with E-state index in [1.165, 1.54) is 5.69 Å². The van der Waals surface area contributed by atoms with Gasteiger partial charge in [-0.05, 0) is 37.3 Å². The number of piperazine rings is 1. The Morgan fingerprint density at radius 1 is 1.15 bits per heavy atom. The van der Waals surface area contributed by atoms with Crippen molar-refractivity contribution < 1.29 is 4.74 Å². The number of nitrogens with one attached hydrogen (secondary N) is 1. The molecule has 2 aromatic rings. The lowest BCUT2D eigenvalue weighted by molar-refractivity contribution is 0.372. The second kappa shape index (κ2) is 10.4. The van der Waals surface area contributed by atoms with Crippen LogP contribution in [0, 0.1) is 0 Å². The van der Waals surface area contributed by atoms with Crippen molar-refractivity contribution in [3.63, 3.8) is 0 Å². The monoisotopic (exact) mass is 484 g/mol. The molecule has 1 aromatic carbocycles. The van der Waals surface area contributed by atoms with E-state index in [0.29, 0.717) is 6.54 Å². The predicted molar refractivity (Wildman–Crippen MR) is 120 cm³/mol. The van der Waals surface area contributed by atoms with Crippen LogP contribution in [0.1, 0.15) is 12.6 Å². The van der Waals surface area contributed by atoms with Crippen molar-refractivity contribution in [1.82, 2.24) is 20.0 Å². The number of hydrogen-bond donors (Lipinski definition) is 1. The zero-order chi connectivity index (χ0) is 18.4. The van der Waals surface area contributed by atoms with Crippen LogP contribution in [-0.2, 0) is 13.6 Å². The van der Waals surface area contributed by atoms with Crippen molar-refractivity contribution in [3.05, 3.63) is 42.2 Å². The molecule has 27 heavy (non-hydrogen) atoms. The van der Waals surface area contributed by atoms with Gasteiger partial charge in [0.25, 0.3) is 0 Å². The van der Waals surface area contributed by atoms with Gasteiger partial charge in [-0.15, -0.1) is 24.0 Å². The average molecular weight is 484 g/mol. The minimum absolute atomic E-state index is 0. The number of aryl methyl sites for hydroxylation is 1. The highest BCUT2D eigenvalue weighted by atomic mass is 127. The molecule has 1 saturated heterocycles. The summed E-state index contributed by atoms with van der Waals surface area (Å²) in [6, 6.07) is 10.3. The molecule has 1 aliphatic rings. The maximum atomic E-state index is 5.24. The van der Waals surface area contributed by atoms with Gasteiger partial charge in [0, 0.05) is 51.7 Å². The Balaban J connectivity index is 0.00000261. The molecule has 7 nitrogen and oxygen atoms in total. The smallest absolute Gasteiger partial charge is 0.194 e. The number of aromatic nitrogens is 2. The van der Waals surface area contributed by atoms with Crippen LogP contribution in [0.3, 0.4) is 0 Å². The maximum Gasteiger partial charge on any atom is 0.194 e. The maximum absolute atomic E-state index is 5.24. The van der Waals surface area contributed by atoms with Crippen molar-refractivity contribution in [2.24, 2.45) is 12.0 Å². The van der Waals surface area contributed by atoms with Crippen LogP contribution < -0.4 is 15.0 Å². The molecule has 0 bridgehead atoms. The second-order valence-electron chi connectivity index (χ2n) is 6.29. The number of ether oxygens (including phenoxy) is 1. The molecule has 1 N–H and O–H groups in total. The number of nitrogens with zero attached hydrogens (tertiary/aromatic N) is 5. The Kier molecular flexibility index (Phi) is 8.21. The van der Waals surface area contributed by atoms with Gasteiger partial charge in [0.1, 0.15) is 5.75 Å². The number of aliphatic imine (C=N–C) groups is 1. The fourth-order valence-electron chi connectivity index (χ4n) is 3.11. The van der Waals surface area contributed by atoms with E-state index >= 15 is 0 Å². The molecule has 2 heterocycles. The van der Waals surface area contributed by atoms with E-state index in [1.807, 2.05) is 36.1 Å². The molecule has 0 aliphatic carbocycles. The summed E-state index contributed by atoms with van der Waals surface area (Å²) in [4.78, 5) is 9.53. The highest BCUT2D eigenvalue weighted by Gasteiger charge is 2.20. The number of guanidine groups is 1. The molecule has 1 aliphatic heterocycles. The number of rotatable bonds is 5. The molecule has 3 rings (SSSR count). The van der Waals surface area contributed by atoms with Crippen LogP contribution in [0.15, 0.2) is 41.5 Å². The van der Waals surface area contributed by atoms with Gasteiger partial charge in [-0.1, -0.05) is 0 Å². The highest BCUT2D eigenvalue weighted by molar-refractivity contribution is 14.0. The van der Waals surface area contributed by atoms with Crippen molar-refractivity contribution >= 4 is 35.6 Å². The topological polar surface area (TPSA) is 57.9 Å². The van der Waals surface area contributed by atoms with Crippen molar-refractivity contribution in [3.8, 4) is 5.75 Å². The summed E-state index contributed by atoms with van der Waals surface area (Å²) < 4.78 is 7.11. The molecule has 0 amide bonds. The summed E-state index contributed by atoms with van der Waals surface area (Å²) in [6.07, 6.45) is 1.81. The molecular formula is C19H29IN6O. The molecule has 0 radical (unpaired) electrons. The number of halogens is 1. The number of methoxy groups -OCH3 is 1. The molecule has 0 unspecified atom stereocenters. The van der Waals surface area contributed by atoms with E-state index in [1.54, 1.807) is 7.11 Å². The lowest BCUT2D eigenvalue weighted by Gasteiger charge is -2.37. The van der Waals surface area contributed by atoms with Crippen LogP contribution >= 0.6 is 24.0 Å². The molecule has 0 spiro atoms. The SMILES string of the molecule is CCNC(=NCc1ccnn1C)N1CCN(c2ccc(OC)cc2)CC1.I. The minimum Gasteiger partial charge on any atom is -0.497 e. The van der Waals surface area contributed by atoms with Crippen molar-refractivity contribution in [1.29, 1.82) is 0 Å². The molecular weight excluding hydrogens is 455 g/mol. The van der Waals surface area contributed by atoms with E-state index in [2.05, 4.69) is 39.3 Å². The van der Waals surface area contributed by atoms with Crippen LogP contribution in [0.2, 0.25) is 0 Å². The Labute approximate surface area is 178 Å². The summed E-state index contributed by atoms with van der Waals surface area (Å²) >= 11 is 0. The van der Waals surface area contributed by atoms with Gasteiger partial charge in [0.2, 0.25) is 0 Å². The summed E-state index contributed by atoms with van der Waals surface area (Å²) in [5, 5.41) is 7.62. The Morgan fingerprint density at radius 3 is 2.41 bits per heavy atom. The highest BCUT2D eigenvalue weighted by Crippen LogP contribution is 2.20.